The van der Waals surface area contributed by atoms with Crippen molar-refractivity contribution in [3.05, 3.63) is 0 Å². The molecule has 0 bridgehead atoms. The summed E-state index contributed by atoms with van der Waals surface area (Å²) in [5.41, 5.74) is 10.4. The number of rotatable bonds is 4. The zero-order valence-corrected chi connectivity index (χ0v) is 8.28. The topological polar surface area (TPSA) is 89.4 Å². The molecule has 0 spiro atoms. The van der Waals surface area contributed by atoms with Crippen LogP contribution in [0.1, 0.15) is 20.8 Å². The lowest BCUT2D eigenvalue weighted by Gasteiger charge is -2.26. The lowest BCUT2D eigenvalue weighted by molar-refractivity contribution is -0.137. The normalized spacial score (nSPS) is 12.7. The molecule has 5 nitrogen and oxygen atoms in total. The van der Waals surface area contributed by atoms with Crippen LogP contribution >= 0.6 is 0 Å². The molecule has 0 unspecified atom stereocenters. The van der Waals surface area contributed by atoms with Gasteiger partial charge in [-0.3, -0.25) is 9.59 Å². The van der Waals surface area contributed by atoms with Gasteiger partial charge in [0.25, 0.3) is 0 Å². The van der Waals surface area contributed by atoms with Crippen LogP contribution < -0.4 is 11.5 Å². The zero-order valence-electron chi connectivity index (χ0n) is 8.28. The van der Waals surface area contributed by atoms with E-state index in [1.165, 1.54) is 4.90 Å². The minimum atomic E-state index is -0.596. The number of nitrogens with zero attached hydrogens (tertiary/aromatic N) is 1. The predicted octanol–water partition coefficient (Wildman–Crippen LogP) is -0.944. The van der Waals surface area contributed by atoms with E-state index in [4.69, 9.17) is 11.5 Å². The van der Waals surface area contributed by atoms with Gasteiger partial charge in [-0.05, 0) is 20.8 Å². The number of carbonyl (C=O) groups excluding carboxylic acids is 2. The Morgan fingerprint density at radius 1 is 1.31 bits per heavy atom. The highest BCUT2D eigenvalue weighted by molar-refractivity contribution is 5.86. The summed E-state index contributed by atoms with van der Waals surface area (Å²) in [5.74, 6) is -0.781. The van der Waals surface area contributed by atoms with Gasteiger partial charge in [0.1, 0.15) is 0 Å². The largest absolute Gasteiger partial charge is 0.368 e. The fourth-order valence-electron chi connectivity index (χ4n) is 0.944. The Kier molecular flexibility index (Phi) is 4.40. The first-order valence-electron chi connectivity index (χ1n) is 4.20. The quantitative estimate of drug-likeness (QED) is 0.595. The van der Waals surface area contributed by atoms with E-state index >= 15 is 0 Å². The van der Waals surface area contributed by atoms with Crippen molar-refractivity contribution in [1.82, 2.24) is 4.90 Å². The second-order valence-electron chi connectivity index (χ2n) is 3.31. The van der Waals surface area contributed by atoms with Crippen LogP contribution in [0.2, 0.25) is 0 Å². The maximum atomic E-state index is 11.4. The summed E-state index contributed by atoms with van der Waals surface area (Å²) in [4.78, 5) is 23.4. The van der Waals surface area contributed by atoms with Gasteiger partial charge in [-0.15, -0.1) is 0 Å². The molecule has 0 fully saturated rings. The first-order valence-corrected chi connectivity index (χ1v) is 4.20. The van der Waals surface area contributed by atoms with Gasteiger partial charge >= 0.3 is 0 Å². The Labute approximate surface area is 78.1 Å². The molecule has 13 heavy (non-hydrogen) atoms. The van der Waals surface area contributed by atoms with Crippen molar-refractivity contribution >= 4 is 11.8 Å². The third-order valence-electron chi connectivity index (χ3n) is 1.62. The SMILES string of the molecule is CC(C)N(CC(N)=O)C(=O)[C@H](C)N. The fourth-order valence-corrected chi connectivity index (χ4v) is 0.944. The van der Waals surface area contributed by atoms with Crippen molar-refractivity contribution in [2.24, 2.45) is 11.5 Å². The second-order valence-corrected chi connectivity index (χ2v) is 3.31. The molecule has 0 heterocycles. The van der Waals surface area contributed by atoms with Crippen LogP contribution in [0.5, 0.6) is 0 Å². The van der Waals surface area contributed by atoms with Crippen molar-refractivity contribution in [2.75, 3.05) is 6.54 Å². The summed E-state index contributed by atoms with van der Waals surface area (Å²) in [6.07, 6.45) is 0. The molecule has 2 amide bonds. The molecular formula is C8H17N3O2. The highest BCUT2D eigenvalue weighted by atomic mass is 16.2. The van der Waals surface area contributed by atoms with Gasteiger partial charge < -0.3 is 16.4 Å². The van der Waals surface area contributed by atoms with E-state index in [0.29, 0.717) is 0 Å². The smallest absolute Gasteiger partial charge is 0.239 e. The second kappa shape index (κ2) is 4.81. The van der Waals surface area contributed by atoms with Crippen molar-refractivity contribution in [3.8, 4) is 0 Å². The van der Waals surface area contributed by atoms with Gasteiger partial charge in [-0.25, -0.2) is 0 Å². The number of hydrogen-bond acceptors (Lipinski definition) is 3. The van der Waals surface area contributed by atoms with Crippen molar-refractivity contribution < 1.29 is 9.59 Å². The minimum Gasteiger partial charge on any atom is -0.368 e. The molecule has 1 atom stereocenters. The highest BCUT2D eigenvalue weighted by Gasteiger charge is 2.21. The van der Waals surface area contributed by atoms with Crippen molar-refractivity contribution in [3.63, 3.8) is 0 Å². The maximum Gasteiger partial charge on any atom is 0.239 e. The van der Waals surface area contributed by atoms with E-state index in [0.717, 1.165) is 0 Å². The first-order chi connectivity index (χ1) is 5.86. The molecule has 0 aromatic heterocycles. The fraction of sp³-hybridized carbons (Fsp3) is 0.750. The van der Waals surface area contributed by atoms with Crippen LogP contribution in [-0.2, 0) is 9.59 Å². The van der Waals surface area contributed by atoms with E-state index in [9.17, 15) is 9.59 Å². The number of primary amides is 1. The molecular weight excluding hydrogens is 170 g/mol. The summed E-state index contributed by atoms with van der Waals surface area (Å²) in [6, 6.07) is -0.659. The lowest BCUT2D eigenvalue weighted by atomic mass is 10.2. The van der Waals surface area contributed by atoms with Crippen LogP contribution in [0.25, 0.3) is 0 Å². The van der Waals surface area contributed by atoms with E-state index in [1.54, 1.807) is 6.92 Å². The van der Waals surface area contributed by atoms with Gasteiger partial charge in [0.2, 0.25) is 11.8 Å². The van der Waals surface area contributed by atoms with Crippen LogP contribution in [0.3, 0.4) is 0 Å². The van der Waals surface area contributed by atoms with Crippen LogP contribution in [0.15, 0.2) is 0 Å². The standard InChI is InChI=1S/C8H17N3O2/c1-5(2)11(4-7(10)12)8(13)6(3)9/h5-6H,4,9H2,1-3H3,(H2,10,12)/t6-/m0/s1. The Balaban J connectivity index is 4.42. The average Bonchev–Trinajstić information content (AvgIpc) is 1.97. The summed E-state index contributed by atoms with van der Waals surface area (Å²) < 4.78 is 0. The maximum absolute atomic E-state index is 11.4. The van der Waals surface area contributed by atoms with Gasteiger partial charge in [-0.2, -0.15) is 0 Å². The Morgan fingerprint density at radius 3 is 2.00 bits per heavy atom. The Bertz CT molecular complexity index is 202. The van der Waals surface area contributed by atoms with Crippen molar-refractivity contribution in [2.45, 2.75) is 32.9 Å². The summed E-state index contributed by atoms with van der Waals surface area (Å²) in [5, 5.41) is 0. The molecule has 0 aliphatic rings. The van der Waals surface area contributed by atoms with Crippen LogP contribution in [0, 0.1) is 0 Å². The summed E-state index contributed by atoms with van der Waals surface area (Å²) >= 11 is 0. The molecule has 0 saturated carbocycles. The van der Waals surface area contributed by atoms with Gasteiger partial charge in [0, 0.05) is 6.04 Å². The van der Waals surface area contributed by atoms with E-state index < -0.39 is 11.9 Å². The molecule has 0 saturated heterocycles. The molecule has 0 radical (unpaired) electrons. The van der Waals surface area contributed by atoms with Crippen LogP contribution in [0.4, 0.5) is 0 Å². The molecule has 5 heteroatoms. The molecule has 76 valence electrons. The highest BCUT2D eigenvalue weighted by Crippen LogP contribution is 2.00. The molecule has 4 N–H and O–H groups in total. The van der Waals surface area contributed by atoms with E-state index in [-0.39, 0.29) is 18.5 Å². The minimum absolute atomic E-state index is 0.0639. The summed E-state index contributed by atoms with van der Waals surface area (Å²) in [7, 11) is 0. The van der Waals surface area contributed by atoms with Gasteiger partial charge in [-0.1, -0.05) is 0 Å². The first kappa shape index (κ1) is 11.9. The number of hydrogen-bond donors (Lipinski definition) is 2. The van der Waals surface area contributed by atoms with Crippen molar-refractivity contribution in [1.29, 1.82) is 0 Å². The predicted molar refractivity (Wildman–Crippen MR) is 49.7 cm³/mol. The average molecular weight is 187 g/mol. The lowest BCUT2D eigenvalue weighted by Crippen LogP contribution is -2.48. The van der Waals surface area contributed by atoms with E-state index in [1.807, 2.05) is 13.8 Å². The zero-order chi connectivity index (χ0) is 10.6. The molecule has 0 aliphatic carbocycles. The van der Waals surface area contributed by atoms with E-state index in [2.05, 4.69) is 0 Å². The Morgan fingerprint density at radius 2 is 1.77 bits per heavy atom. The van der Waals surface area contributed by atoms with Gasteiger partial charge in [0.15, 0.2) is 0 Å². The third-order valence-corrected chi connectivity index (χ3v) is 1.62. The number of carbonyl (C=O) groups is 2. The number of amides is 2. The molecule has 0 rings (SSSR count). The Hall–Kier alpha value is -1.10. The molecule has 0 aliphatic heterocycles. The monoisotopic (exact) mass is 187 g/mol. The van der Waals surface area contributed by atoms with Crippen LogP contribution in [-0.4, -0.2) is 35.3 Å². The summed E-state index contributed by atoms with van der Waals surface area (Å²) in [6.45, 7) is 5.13. The third kappa shape index (κ3) is 3.89. The van der Waals surface area contributed by atoms with Gasteiger partial charge in [0.05, 0.1) is 12.6 Å². The number of nitrogens with two attached hydrogens (primary N) is 2. The molecule has 0 aromatic rings. The molecule has 0 aromatic carbocycles.